The van der Waals surface area contributed by atoms with Crippen molar-refractivity contribution >= 4 is 35.1 Å². The number of aromatic nitrogens is 1. The number of alkyl halides is 3. The number of carbonyl (C=O) groups excluding carboxylic acids is 1. The van der Waals surface area contributed by atoms with Gasteiger partial charge in [0.25, 0.3) is 0 Å². The molecule has 3 heterocycles. The molecule has 1 fully saturated rings. The Morgan fingerprint density at radius 3 is 2.44 bits per heavy atom. The molecule has 34 heavy (non-hydrogen) atoms. The van der Waals surface area contributed by atoms with Gasteiger partial charge in [0.1, 0.15) is 29.7 Å². The summed E-state index contributed by atoms with van der Waals surface area (Å²) in [6, 6.07) is 9.82. The first kappa shape index (κ1) is 24.3. The molecule has 182 valence electrons. The van der Waals surface area contributed by atoms with E-state index in [0.717, 1.165) is 37.4 Å². The van der Waals surface area contributed by atoms with Crippen LogP contribution in [0.5, 0.6) is 5.75 Å². The molecule has 0 bridgehead atoms. The number of nitrogens with zero attached hydrogens (tertiary/aromatic N) is 4. The number of aryl methyl sites for hydroxylation is 1. The van der Waals surface area contributed by atoms with Crippen LogP contribution in [0.3, 0.4) is 0 Å². The number of piperidine rings is 1. The third kappa shape index (κ3) is 5.29. The van der Waals surface area contributed by atoms with Gasteiger partial charge >= 0.3 is 6.18 Å². The van der Waals surface area contributed by atoms with E-state index in [1.54, 1.807) is 24.3 Å². The minimum atomic E-state index is -4.54. The van der Waals surface area contributed by atoms with Gasteiger partial charge in [0, 0.05) is 49.0 Å². The van der Waals surface area contributed by atoms with Crippen LogP contribution in [0.4, 0.5) is 24.7 Å². The topological polar surface area (TPSA) is 58.0 Å². The van der Waals surface area contributed by atoms with Gasteiger partial charge in [-0.15, -0.1) is 0 Å². The largest absolute Gasteiger partial charge is 0.490 e. The quantitative estimate of drug-likeness (QED) is 0.502. The zero-order valence-electron chi connectivity index (χ0n) is 18.9. The molecule has 1 aromatic heterocycles. The SMILES string of the molecule is Cc1cc(Cl)cc(N2CCC(Oc3ccc(N4N=C(C(F)(F)F)C(C)C4CC=O)cc3)CC2)n1. The zero-order valence-corrected chi connectivity index (χ0v) is 19.7. The molecular weight excluding hydrogens is 469 g/mol. The van der Waals surface area contributed by atoms with Crippen LogP contribution in [0.15, 0.2) is 41.5 Å². The molecule has 6 nitrogen and oxygen atoms in total. The highest BCUT2D eigenvalue weighted by Crippen LogP contribution is 2.36. The van der Waals surface area contributed by atoms with Crippen LogP contribution in [-0.4, -0.2) is 48.4 Å². The average molecular weight is 495 g/mol. The lowest BCUT2D eigenvalue weighted by Gasteiger charge is -2.33. The zero-order chi connectivity index (χ0) is 24.5. The van der Waals surface area contributed by atoms with E-state index in [-0.39, 0.29) is 12.5 Å². The van der Waals surface area contributed by atoms with Gasteiger partial charge < -0.3 is 14.4 Å². The van der Waals surface area contributed by atoms with E-state index in [1.165, 1.54) is 11.9 Å². The number of hydrogen-bond donors (Lipinski definition) is 0. The van der Waals surface area contributed by atoms with Crippen molar-refractivity contribution in [3.8, 4) is 5.75 Å². The standard InChI is InChI=1S/C24H26ClF3N4O2/c1-15-13-17(25)14-22(29-15)31-10-7-20(8-11-31)34-19-5-3-18(4-6-19)32-21(9-12-33)16(2)23(30-32)24(26,27)28/h3-6,12-14,16,20-21H,7-11H2,1-2H3. The van der Waals surface area contributed by atoms with Crippen molar-refractivity contribution in [3.63, 3.8) is 0 Å². The molecule has 0 spiro atoms. The van der Waals surface area contributed by atoms with E-state index in [9.17, 15) is 18.0 Å². The van der Waals surface area contributed by atoms with Gasteiger partial charge in [0.15, 0.2) is 0 Å². The van der Waals surface area contributed by atoms with Gasteiger partial charge in [-0.25, -0.2) is 4.98 Å². The first-order chi connectivity index (χ1) is 16.2. The minimum Gasteiger partial charge on any atom is -0.490 e. The maximum Gasteiger partial charge on any atom is 0.431 e. The van der Waals surface area contributed by atoms with Crippen molar-refractivity contribution in [2.45, 2.75) is 51.4 Å². The highest BCUT2D eigenvalue weighted by molar-refractivity contribution is 6.30. The highest BCUT2D eigenvalue weighted by atomic mass is 35.5. The Morgan fingerprint density at radius 2 is 1.85 bits per heavy atom. The summed E-state index contributed by atoms with van der Waals surface area (Å²) in [5.41, 5.74) is 0.494. The number of aldehydes is 1. The molecule has 0 aliphatic carbocycles. The monoisotopic (exact) mass is 494 g/mol. The number of hydrogen-bond acceptors (Lipinski definition) is 6. The third-order valence-electron chi connectivity index (χ3n) is 6.24. The van der Waals surface area contributed by atoms with Gasteiger partial charge in [0.2, 0.25) is 0 Å². The van der Waals surface area contributed by atoms with Crippen LogP contribution in [0.25, 0.3) is 0 Å². The normalized spacial score (nSPS) is 21.5. The van der Waals surface area contributed by atoms with Crippen LogP contribution < -0.4 is 14.6 Å². The summed E-state index contributed by atoms with van der Waals surface area (Å²) >= 11 is 6.15. The molecule has 2 aliphatic heterocycles. The highest BCUT2D eigenvalue weighted by Gasteiger charge is 2.48. The van der Waals surface area contributed by atoms with Gasteiger partial charge in [0.05, 0.1) is 11.7 Å². The number of ether oxygens (including phenoxy) is 1. The van der Waals surface area contributed by atoms with E-state index in [4.69, 9.17) is 16.3 Å². The molecule has 2 aromatic rings. The first-order valence-electron chi connectivity index (χ1n) is 11.2. The molecule has 0 saturated carbocycles. The maximum atomic E-state index is 13.3. The molecule has 4 rings (SSSR count). The third-order valence-corrected chi connectivity index (χ3v) is 6.46. The lowest BCUT2D eigenvalue weighted by Crippen LogP contribution is -2.38. The molecular formula is C24H26ClF3N4O2. The van der Waals surface area contributed by atoms with E-state index in [1.807, 2.05) is 19.1 Å². The molecule has 0 N–H and O–H groups in total. The Hall–Kier alpha value is -2.81. The summed E-state index contributed by atoms with van der Waals surface area (Å²) < 4.78 is 46.1. The lowest BCUT2D eigenvalue weighted by atomic mass is 9.95. The molecule has 2 aliphatic rings. The van der Waals surface area contributed by atoms with E-state index < -0.39 is 23.8 Å². The summed E-state index contributed by atoms with van der Waals surface area (Å²) in [7, 11) is 0. The summed E-state index contributed by atoms with van der Waals surface area (Å²) in [4.78, 5) is 17.8. The molecule has 1 aromatic carbocycles. The number of pyridine rings is 1. The van der Waals surface area contributed by atoms with Gasteiger partial charge in [-0.3, -0.25) is 5.01 Å². The van der Waals surface area contributed by atoms with Crippen molar-refractivity contribution < 1.29 is 22.7 Å². The van der Waals surface area contributed by atoms with Crippen molar-refractivity contribution in [1.29, 1.82) is 0 Å². The summed E-state index contributed by atoms with van der Waals surface area (Å²) in [6.07, 6.45) is -2.31. The van der Waals surface area contributed by atoms with Crippen molar-refractivity contribution in [3.05, 3.63) is 47.1 Å². The number of halogens is 4. The fraction of sp³-hybridized carbons (Fsp3) is 0.458. The van der Waals surface area contributed by atoms with Gasteiger partial charge in [-0.1, -0.05) is 18.5 Å². The summed E-state index contributed by atoms with van der Waals surface area (Å²) in [5, 5.41) is 5.77. The van der Waals surface area contributed by atoms with Crippen LogP contribution in [0.1, 0.15) is 31.9 Å². The Kier molecular flexibility index (Phi) is 7.02. The predicted octanol–water partition coefficient (Wildman–Crippen LogP) is 5.42. The fourth-order valence-corrected chi connectivity index (χ4v) is 4.74. The number of rotatable bonds is 6. The molecule has 0 amide bonds. The van der Waals surface area contributed by atoms with Gasteiger partial charge in [-0.2, -0.15) is 18.3 Å². The van der Waals surface area contributed by atoms with E-state index >= 15 is 0 Å². The van der Waals surface area contributed by atoms with E-state index in [0.29, 0.717) is 22.7 Å². The molecule has 1 saturated heterocycles. The van der Waals surface area contributed by atoms with Crippen molar-refractivity contribution in [2.24, 2.45) is 11.0 Å². The van der Waals surface area contributed by atoms with Crippen LogP contribution in [0.2, 0.25) is 5.02 Å². The number of carbonyl (C=O) groups is 1. The number of anilines is 2. The first-order valence-corrected chi connectivity index (χ1v) is 11.6. The van der Waals surface area contributed by atoms with Crippen LogP contribution in [0, 0.1) is 12.8 Å². The van der Waals surface area contributed by atoms with Crippen LogP contribution in [-0.2, 0) is 4.79 Å². The Morgan fingerprint density at radius 1 is 1.18 bits per heavy atom. The minimum absolute atomic E-state index is 0.0202. The molecule has 10 heteroatoms. The second-order valence-corrected chi connectivity index (χ2v) is 9.11. The summed E-state index contributed by atoms with van der Waals surface area (Å²) in [5.74, 6) is 0.596. The van der Waals surface area contributed by atoms with Gasteiger partial charge in [-0.05, 0) is 43.3 Å². The van der Waals surface area contributed by atoms with Crippen molar-refractivity contribution in [1.82, 2.24) is 4.98 Å². The van der Waals surface area contributed by atoms with E-state index in [2.05, 4.69) is 15.0 Å². The lowest BCUT2D eigenvalue weighted by molar-refractivity contribution is -0.108. The number of hydrazone groups is 1. The Balaban J connectivity index is 1.39. The molecule has 2 unspecified atom stereocenters. The maximum absolute atomic E-state index is 13.3. The Bertz CT molecular complexity index is 1030. The molecule has 0 radical (unpaired) electrons. The van der Waals surface area contributed by atoms with Crippen molar-refractivity contribution in [2.75, 3.05) is 23.0 Å². The predicted molar refractivity (Wildman–Crippen MR) is 126 cm³/mol. The Labute approximate surface area is 201 Å². The fourth-order valence-electron chi connectivity index (χ4n) is 4.49. The smallest absolute Gasteiger partial charge is 0.431 e. The number of benzene rings is 1. The summed E-state index contributed by atoms with van der Waals surface area (Å²) in [6.45, 7) is 4.92. The molecule has 2 atom stereocenters. The van der Waals surface area contributed by atoms with Crippen LogP contribution >= 0.6 is 11.6 Å². The second kappa shape index (κ2) is 9.82. The second-order valence-electron chi connectivity index (χ2n) is 8.67. The average Bonchev–Trinajstić information content (AvgIpc) is 3.11.